The van der Waals surface area contributed by atoms with Gasteiger partial charge in [-0.15, -0.1) is 0 Å². The predicted octanol–water partition coefficient (Wildman–Crippen LogP) is 4.60. The van der Waals surface area contributed by atoms with Crippen molar-refractivity contribution in [2.24, 2.45) is 0 Å². The van der Waals surface area contributed by atoms with Crippen LogP contribution in [-0.4, -0.2) is 48.6 Å². The van der Waals surface area contributed by atoms with E-state index in [9.17, 15) is 9.59 Å². The number of rotatable bonds is 6. The van der Waals surface area contributed by atoms with Crippen LogP contribution in [0.1, 0.15) is 37.7 Å². The molecule has 0 aliphatic carbocycles. The molecule has 5 aromatic rings. The van der Waals surface area contributed by atoms with E-state index in [2.05, 4.69) is 30.9 Å². The highest BCUT2D eigenvalue weighted by Gasteiger charge is 2.23. The molecule has 38 heavy (non-hydrogen) atoms. The minimum absolute atomic E-state index is 0.158. The van der Waals surface area contributed by atoms with Crippen molar-refractivity contribution in [2.45, 2.75) is 20.4 Å². The molecule has 2 N–H and O–H groups in total. The summed E-state index contributed by atoms with van der Waals surface area (Å²) in [5.74, 6) is -0.630. The minimum Gasteiger partial charge on any atom is -0.355 e. The van der Waals surface area contributed by atoms with Gasteiger partial charge in [-0.25, -0.2) is 9.67 Å². The Bertz CT molecular complexity index is 1710. The van der Waals surface area contributed by atoms with Crippen molar-refractivity contribution in [2.75, 3.05) is 12.4 Å². The second kappa shape index (κ2) is 10.2. The fourth-order valence-corrected chi connectivity index (χ4v) is 4.52. The zero-order valence-electron chi connectivity index (χ0n) is 20.7. The molecule has 0 aliphatic heterocycles. The van der Waals surface area contributed by atoms with Crippen LogP contribution in [0.25, 0.3) is 16.9 Å². The molecule has 3 aromatic heterocycles. The highest BCUT2D eigenvalue weighted by molar-refractivity contribution is 6.32. The average molecular weight is 549 g/mol. The Hall–Kier alpha value is -4.28. The van der Waals surface area contributed by atoms with E-state index in [0.29, 0.717) is 27.0 Å². The maximum Gasteiger partial charge on any atom is 0.274 e. The third-order valence-corrected chi connectivity index (χ3v) is 6.34. The summed E-state index contributed by atoms with van der Waals surface area (Å²) in [6.07, 6.45) is 1.56. The lowest BCUT2D eigenvalue weighted by atomic mass is 10.1. The quantitative estimate of drug-likeness (QED) is 0.320. The molecule has 5 rings (SSSR count). The van der Waals surface area contributed by atoms with E-state index in [1.54, 1.807) is 37.4 Å². The molecule has 10 nitrogen and oxygen atoms in total. The lowest BCUT2D eigenvalue weighted by Crippen LogP contribution is -2.23. The fourth-order valence-electron chi connectivity index (χ4n) is 4.05. The van der Waals surface area contributed by atoms with Gasteiger partial charge in [0, 0.05) is 18.3 Å². The number of halogens is 2. The Morgan fingerprint density at radius 3 is 2.50 bits per heavy atom. The van der Waals surface area contributed by atoms with Gasteiger partial charge in [0.1, 0.15) is 23.3 Å². The van der Waals surface area contributed by atoms with Gasteiger partial charge in [-0.1, -0.05) is 29.3 Å². The first-order chi connectivity index (χ1) is 18.2. The summed E-state index contributed by atoms with van der Waals surface area (Å²) in [6, 6.07) is 13.9. The molecule has 0 radical (unpaired) electrons. The third-order valence-electron chi connectivity index (χ3n) is 5.82. The molecule has 0 unspecified atom stereocenters. The summed E-state index contributed by atoms with van der Waals surface area (Å²) in [5, 5.41) is 19.7. The number of hydrogen-bond donors (Lipinski definition) is 2. The van der Waals surface area contributed by atoms with E-state index in [4.69, 9.17) is 23.2 Å². The smallest absolute Gasteiger partial charge is 0.274 e. The number of pyridine rings is 1. The number of amides is 2. The molecule has 2 aromatic carbocycles. The van der Waals surface area contributed by atoms with Crippen LogP contribution in [0.2, 0.25) is 10.0 Å². The molecule has 0 bridgehead atoms. The van der Waals surface area contributed by atoms with Crippen molar-refractivity contribution >= 4 is 51.7 Å². The zero-order valence-corrected chi connectivity index (χ0v) is 22.2. The van der Waals surface area contributed by atoms with Crippen LogP contribution < -0.4 is 10.6 Å². The van der Waals surface area contributed by atoms with Gasteiger partial charge in [0.2, 0.25) is 0 Å². The van der Waals surface area contributed by atoms with Crippen molar-refractivity contribution in [1.29, 1.82) is 0 Å². The number of aryl methyl sites for hydroxylation is 2. The summed E-state index contributed by atoms with van der Waals surface area (Å²) < 4.78 is 1.37. The van der Waals surface area contributed by atoms with Crippen LogP contribution in [0.3, 0.4) is 0 Å². The van der Waals surface area contributed by atoms with E-state index in [1.807, 2.05) is 25.1 Å². The van der Waals surface area contributed by atoms with Crippen LogP contribution in [0.15, 0.2) is 54.7 Å². The van der Waals surface area contributed by atoms with Crippen molar-refractivity contribution < 1.29 is 9.59 Å². The summed E-state index contributed by atoms with van der Waals surface area (Å²) in [4.78, 5) is 32.0. The van der Waals surface area contributed by atoms with Crippen molar-refractivity contribution in [3.8, 4) is 5.82 Å². The highest BCUT2D eigenvalue weighted by atomic mass is 35.5. The van der Waals surface area contributed by atoms with E-state index in [1.165, 1.54) is 22.6 Å². The molecular formula is C26H22Cl2N8O2. The van der Waals surface area contributed by atoms with Gasteiger partial charge in [0.15, 0.2) is 5.82 Å². The van der Waals surface area contributed by atoms with E-state index in [0.717, 1.165) is 16.6 Å². The Morgan fingerprint density at radius 2 is 1.74 bits per heavy atom. The van der Waals surface area contributed by atoms with Crippen LogP contribution in [0, 0.1) is 13.8 Å². The van der Waals surface area contributed by atoms with Gasteiger partial charge < -0.3 is 10.6 Å². The monoisotopic (exact) mass is 548 g/mol. The molecule has 2 amide bonds. The van der Waals surface area contributed by atoms with Crippen molar-refractivity contribution in [1.82, 2.24) is 35.1 Å². The number of aromatic nitrogens is 6. The van der Waals surface area contributed by atoms with E-state index >= 15 is 0 Å². The number of carbonyl (C=O) groups excluding carboxylic acids is 2. The number of fused-ring (bicyclic) bond motifs is 1. The largest absolute Gasteiger partial charge is 0.355 e. The number of carbonyl (C=O) groups is 2. The summed E-state index contributed by atoms with van der Waals surface area (Å²) in [5.41, 5.74) is 4.43. The molecule has 192 valence electrons. The molecule has 0 saturated carbocycles. The number of nitrogens with one attached hydrogen (secondary N) is 2. The first-order valence-corrected chi connectivity index (χ1v) is 12.3. The summed E-state index contributed by atoms with van der Waals surface area (Å²) in [7, 11) is 1.50. The molecule has 3 heterocycles. The number of nitrogens with zero attached hydrogens (tertiary/aromatic N) is 6. The minimum atomic E-state index is -0.518. The molecule has 0 aliphatic rings. The predicted molar refractivity (Wildman–Crippen MR) is 145 cm³/mol. The van der Waals surface area contributed by atoms with Crippen LogP contribution in [0.5, 0.6) is 0 Å². The number of benzene rings is 2. The topological polar surface area (TPSA) is 120 Å². The molecule has 0 saturated heterocycles. The molecule has 0 spiro atoms. The Kier molecular flexibility index (Phi) is 6.83. The number of anilines is 1. The Balaban J connectivity index is 1.55. The highest BCUT2D eigenvalue weighted by Crippen LogP contribution is 2.27. The lowest BCUT2D eigenvalue weighted by molar-refractivity contribution is 0.0964. The summed E-state index contributed by atoms with van der Waals surface area (Å²) >= 11 is 12.6. The van der Waals surface area contributed by atoms with E-state index in [-0.39, 0.29) is 29.5 Å². The molecule has 0 atom stereocenters. The Morgan fingerprint density at radius 1 is 0.947 bits per heavy atom. The maximum absolute atomic E-state index is 13.6. The van der Waals surface area contributed by atoms with Crippen molar-refractivity contribution in [3.63, 3.8) is 0 Å². The van der Waals surface area contributed by atoms with Gasteiger partial charge in [0.05, 0.1) is 22.0 Å². The SMILES string of the molecule is CNC(=O)c1cc(Cl)cc(C)c1NC(=O)c1cc(Cn2nc3ccc(C)cc3n2)nn1-c1ncccc1Cl. The van der Waals surface area contributed by atoms with Crippen LogP contribution in [0.4, 0.5) is 5.69 Å². The second-order valence-corrected chi connectivity index (χ2v) is 9.49. The molecular weight excluding hydrogens is 527 g/mol. The molecule has 12 heteroatoms. The van der Waals surface area contributed by atoms with Gasteiger partial charge in [0.25, 0.3) is 11.8 Å². The zero-order chi connectivity index (χ0) is 27.0. The first-order valence-electron chi connectivity index (χ1n) is 11.6. The van der Waals surface area contributed by atoms with Gasteiger partial charge >= 0.3 is 0 Å². The normalized spacial score (nSPS) is 11.1. The second-order valence-electron chi connectivity index (χ2n) is 8.64. The van der Waals surface area contributed by atoms with Crippen LogP contribution >= 0.6 is 23.2 Å². The molecule has 0 fully saturated rings. The van der Waals surface area contributed by atoms with Gasteiger partial charge in [-0.05, 0) is 67.4 Å². The standard InChI is InChI=1S/C26H22Cl2N8O2/c1-14-6-7-20-21(9-14)34-35(33-20)13-17-12-22(36(32-17)24-19(28)5-4-8-30-24)26(38)31-23-15(2)10-16(27)11-18(23)25(37)29-3/h4-12H,13H2,1-3H3,(H,29,37)(H,31,38). The summed E-state index contributed by atoms with van der Waals surface area (Å²) in [6.45, 7) is 3.94. The van der Waals surface area contributed by atoms with Crippen molar-refractivity contribution in [3.05, 3.63) is 92.9 Å². The third kappa shape index (κ3) is 4.96. The van der Waals surface area contributed by atoms with Gasteiger partial charge in [-0.3, -0.25) is 9.59 Å². The maximum atomic E-state index is 13.6. The van der Waals surface area contributed by atoms with Crippen LogP contribution in [-0.2, 0) is 6.54 Å². The first kappa shape index (κ1) is 25.4. The number of hydrogen-bond acceptors (Lipinski definition) is 6. The lowest BCUT2D eigenvalue weighted by Gasteiger charge is -2.14. The van der Waals surface area contributed by atoms with Gasteiger partial charge in [-0.2, -0.15) is 20.1 Å². The fraction of sp³-hybridized carbons (Fsp3) is 0.154. The average Bonchev–Trinajstić information content (AvgIpc) is 3.48. The van der Waals surface area contributed by atoms with E-state index < -0.39 is 5.91 Å². The Labute approximate surface area is 227 Å².